The van der Waals surface area contributed by atoms with Gasteiger partial charge in [0.05, 0.1) is 0 Å². The van der Waals surface area contributed by atoms with E-state index in [1.54, 1.807) is 0 Å². The van der Waals surface area contributed by atoms with Crippen LogP contribution in [0.3, 0.4) is 0 Å². The standard InChI is InChI=1S/C41H49ClN2/c1-28-16-17-31(26-29(28)2)33-19-22-40(37-14-8-6-12-35(33)37)43-24-10-4-5-11-25-44-41-23-20-34(36-13-7-9-15-38(36)41)32-18-21-39(42)30(3)27-32/h6-9,12-18,21,26-27,33-34,40-41,43-44H,4-5,10-11,19-20,22-25H2,1-3H3. The van der Waals surface area contributed by atoms with Crippen molar-refractivity contribution in [3.63, 3.8) is 0 Å². The van der Waals surface area contributed by atoms with Crippen LogP contribution in [0, 0.1) is 20.8 Å². The molecular formula is C41H49ClN2. The molecule has 0 aliphatic heterocycles. The van der Waals surface area contributed by atoms with Crippen molar-refractivity contribution in [2.75, 3.05) is 13.1 Å². The summed E-state index contributed by atoms with van der Waals surface area (Å²) in [6, 6.07) is 32.7. The Bertz CT molecular complexity index is 1440. The number of hydrogen-bond donors (Lipinski definition) is 2. The first-order valence-corrected chi connectivity index (χ1v) is 17.3. The third-order valence-corrected chi connectivity index (χ3v) is 10.8. The highest BCUT2D eigenvalue weighted by Crippen LogP contribution is 2.43. The molecule has 0 amide bonds. The zero-order chi connectivity index (χ0) is 30.5. The minimum Gasteiger partial charge on any atom is -0.310 e. The SMILES string of the molecule is Cc1ccc(C2CCC(NCCCCCCNC3CCC(c4ccc(Cl)c(C)c4)c4ccccc43)c3ccccc32)cc1C. The first-order chi connectivity index (χ1) is 21.5. The molecule has 2 N–H and O–H groups in total. The van der Waals surface area contributed by atoms with E-state index in [0.717, 1.165) is 18.1 Å². The maximum atomic E-state index is 6.33. The largest absolute Gasteiger partial charge is 0.310 e. The molecule has 2 aliphatic carbocycles. The highest BCUT2D eigenvalue weighted by Gasteiger charge is 2.29. The summed E-state index contributed by atoms with van der Waals surface area (Å²) in [6.07, 6.45) is 9.83. The molecule has 4 aromatic carbocycles. The summed E-state index contributed by atoms with van der Waals surface area (Å²) in [5, 5.41) is 8.69. The van der Waals surface area contributed by atoms with E-state index in [4.69, 9.17) is 11.6 Å². The van der Waals surface area contributed by atoms with Crippen LogP contribution >= 0.6 is 11.6 Å². The normalized spacial score (nSPS) is 21.1. The van der Waals surface area contributed by atoms with Crippen LogP contribution in [0.1, 0.15) is 125 Å². The maximum Gasteiger partial charge on any atom is 0.0435 e. The topological polar surface area (TPSA) is 24.1 Å². The molecule has 6 rings (SSSR count). The molecule has 230 valence electrons. The summed E-state index contributed by atoms with van der Waals surface area (Å²) in [4.78, 5) is 0. The third kappa shape index (κ3) is 6.99. The second kappa shape index (κ2) is 14.5. The molecule has 0 aromatic heterocycles. The molecule has 0 saturated heterocycles. The lowest BCUT2D eigenvalue weighted by Crippen LogP contribution is -2.28. The van der Waals surface area contributed by atoms with Crippen LogP contribution in [-0.4, -0.2) is 13.1 Å². The molecule has 4 aromatic rings. The van der Waals surface area contributed by atoms with Gasteiger partial charge in [0.1, 0.15) is 0 Å². The van der Waals surface area contributed by atoms with E-state index < -0.39 is 0 Å². The van der Waals surface area contributed by atoms with Gasteiger partial charge in [0.15, 0.2) is 0 Å². The average molecular weight is 605 g/mol. The molecule has 0 bridgehead atoms. The molecule has 4 unspecified atom stereocenters. The van der Waals surface area contributed by atoms with Gasteiger partial charge in [-0.05, 0) is 129 Å². The zero-order valence-corrected chi connectivity index (χ0v) is 27.6. The smallest absolute Gasteiger partial charge is 0.0435 e. The van der Waals surface area contributed by atoms with Crippen LogP contribution in [0.4, 0.5) is 0 Å². The number of aryl methyl sites for hydroxylation is 3. The van der Waals surface area contributed by atoms with Crippen LogP contribution in [-0.2, 0) is 0 Å². The summed E-state index contributed by atoms with van der Waals surface area (Å²) in [5.74, 6) is 0.973. The Morgan fingerprint density at radius 2 is 1.00 bits per heavy atom. The van der Waals surface area contributed by atoms with Gasteiger partial charge in [0, 0.05) is 28.9 Å². The van der Waals surface area contributed by atoms with Crippen molar-refractivity contribution in [2.45, 2.75) is 96.1 Å². The molecule has 2 nitrogen and oxygen atoms in total. The number of hydrogen-bond acceptors (Lipinski definition) is 2. The fourth-order valence-electron chi connectivity index (χ4n) is 7.72. The molecular weight excluding hydrogens is 556 g/mol. The van der Waals surface area contributed by atoms with Gasteiger partial charge in [0.25, 0.3) is 0 Å². The molecule has 0 radical (unpaired) electrons. The zero-order valence-electron chi connectivity index (χ0n) is 26.8. The van der Waals surface area contributed by atoms with Gasteiger partial charge in [-0.2, -0.15) is 0 Å². The molecule has 2 aliphatic rings. The molecule has 0 spiro atoms. The fraction of sp³-hybridized carbons (Fsp3) is 0.415. The monoisotopic (exact) mass is 604 g/mol. The Hall–Kier alpha value is -2.91. The molecule has 4 atom stereocenters. The Kier molecular flexibility index (Phi) is 10.2. The van der Waals surface area contributed by atoms with E-state index >= 15 is 0 Å². The van der Waals surface area contributed by atoms with Crippen LogP contribution < -0.4 is 10.6 Å². The minimum atomic E-state index is 0.455. The first-order valence-electron chi connectivity index (χ1n) is 17.0. The number of rotatable bonds is 11. The molecule has 0 heterocycles. The van der Waals surface area contributed by atoms with Crippen LogP contribution in [0.25, 0.3) is 0 Å². The average Bonchev–Trinajstić information content (AvgIpc) is 3.05. The van der Waals surface area contributed by atoms with Gasteiger partial charge >= 0.3 is 0 Å². The van der Waals surface area contributed by atoms with Gasteiger partial charge in [-0.25, -0.2) is 0 Å². The number of benzene rings is 4. The lowest BCUT2D eigenvalue weighted by molar-refractivity contribution is 0.422. The van der Waals surface area contributed by atoms with Crippen LogP contribution in [0.2, 0.25) is 5.02 Å². The number of unbranched alkanes of at least 4 members (excludes halogenated alkanes) is 3. The van der Waals surface area contributed by atoms with Gasteiger partial charge in [0.2, 0.25) is 0 Å². The summed E-state index contributed by atoms with van der Waals surface area (Å²) in [6.45, 7) is 8.75. The lowest BCUT2D eigenvalue weighted by atomic mass is 9.76. The van der Waals surface area contributed by atoms with E-state index in [1.807, 2.05) is 0 Å². The van der Waals surface area contributed by atoms with Crippen molar-refractivity contribution < 1.29 is 0 Å². The first kappa shape index (κ1) is 31.1. The van der Waals surface area contributed by atoms with E-state index in [0.29, 0.717) is 23.9 Å². The Balaban J connectivity index is 0.944. The van der Waals surface area contributed by atoms with Crippen molar-refractivity contribution in [3.05, 3.63) is 140 Å². The number of halogens is 1. The fourth-order valence-corrected chi connectivity index (χ4v) is 7.84. The van der Waals surface area contributed by atoms with Gasteiger partial charge in [-0.1, -0.05) is 103 Å². The molecule has 3 heteroatoms. The van der Waals surface area contributed by atoms with Crippen molar-refractivity contribution >= 4 is 11.6 Å². The van der Waals surface area contributed by atoms with Crippen molar-refractivity contribution in [3.8, 4) is 0 Å². The van der Waals surface area contributed by atoms with Gasteiger partial charge in [-0.15, -0.1) is 0 Å². The highest BCUT2D eigenvalue weighted by molar-refractivity contribution is 6.31. The summed E-state index contributed by atoms with van der Waals surface area (Å²) >= 11 is 6.33. The second-order valence-electron chi connectivity index (χ2n) is 13.3. The summed E-state index contributed by atoms with van der Waals surface area (Å²) < 4.78 is 0. The Morgan fingerprint density at radius 3 is 1.50 bits per heavy atom. The molecule has 0 fully saturated rings. The second-order valence-corrected chi connectivity index (χ2v) is 13.7. The third-order valence-electron chi connectivity index (χ3n) is 10.4. The molecule has 0 saturated carbocycles. The van der Waals surface area contributed by atoms with Crippen molar-refractivity contribution in [2.24, 2.45) is 0 Å². The maximum absolute atomic E-state index is 6.33. The van der Waals surface area contributed by atoms with E-state index in [-0.39, 0.29) is 0 Å². The van der Waals surface area contributed by atoms with Crippen LogP contribution in [0.5, 0.6) is 0 Å². The summed E-state index contributed by atoms with van der Waals surface area (Å²) in [5.41, 5.74) is 12.8. The quantitative estimate of drug-likeness (QED) is 0.166. The number of fused-ring (bicyclic) bond motifs is 2. The van der Waals surface area contributed by atoms with E-state index in [2.05, 4.69) is 116 Å². The van der Waals surface area contributed by atoms with Gasteiger partial charge < -0.3 is 10.6 Å². The number of nitrogens with one attached hydrogen (secondary N) is 2. The summed E-state index contributed by atoms with van der Waals surface area (Å²) in [7, 11) is 0. The van der Waals surface area contributed by atoms with E-state index in [1.165, 1.54) is 101 Å². The predicted octanol–water partition coefficient (Wildman–Crippen LogP) is 10.6. The van der Waals surface area contributed by atoms with Crippen molar-refractivity contribution in [1.29, 1.82) is 0 Å². The van der Waals surface area contributed by atoms with Gasteiger partial charge in [-0.3, -0.25) is 0 Å². The van der Waals surface area contributed by atoms with Crippen LogP contribution in [0.15, 0.2) is 84.9 Å². The van der Waals surface area contributed by atoms with E-state index in [9.17, 15) is 0 Å². The predicted molar refractivity (Wildman–Crippen MR) is 187 cm³/mol. The highest BCUT2D eigenvalue weighted by atomic mass is 35.5. The Labute approximate surface area is 270 Å². The van der Waals surface area contributed by atoms with Crippen molar-refractivity contribution in [1.82, 2.24) is 10.6 Å². The lowest BCUT2D eigenvalue weighted by Gasteiger charge is -2.33. The molecule has 44 heavy (non-hydrogen) atoms. The Morgan fingerprint density at radius 1 is 0.523 bits per heavy atom. The minimum absolute atomic E-state index is 0.455.